The lowest BCUT2D eigenvalue weighted by atomic mass is 9.89. The highest BCUT2D eigenvalue weighted by molar-refractivity contribution is 5.88. The zero-order chi connectivity index (χ0) is 7.73. The number of nitrogens with one attached hydrogen (secondary N) is 2. The van der Waals surface area contributed by atoms with E-state index < -0.39 is 0 Å². The molecule has 2 heterocycles. The van der Waals surface area contributed by atoms with Crippen molar-refractivity contribution in [2.24, 2.45) is 0 Å². The molecule has 2 aliphatic heterocycles. The van der Waals surface area contributed by atoms with Crippen LogP contribution in [-0.4, -0.2) is 31.2 Å². The van der Waals surface area contributed by atoms with E-state index in [0.717, 1.165) is 25.9 Å². The number of carbonyl (C=O) groups excluding carboxylic acids is 1. The van der Waals surface area contributed by atoms with Gasteiger partial charge in [-0.25, -0.2) is 5.32 Å². The quantitative estimate of drug-likeness (QED) is 0.460. The topological polar surface area (TPSA) is 55.2 Å². The van der Waals surface area contributed by atoms with Gasteiger partial charge in [-0.2, -0.15) is 0 Å². The number of amides is 1. The van der Waals surface area contributed by atoms with Crippen LogP contribution in [0.1, 0.15) is 12.8 Å². The summed E-state index contributed by atoms with van der Waals surface area (Å²) in [5.41, 5.74) is -0.356. The third-order valence-electron chi connectivity index (χ3n) is 2.47. The standard InChI is InChI=1S/C7H12N3O/c11-6-7(10-5-9-6)1-3-8-4-2-7/h8H,1-5H2,(H,9,11). The first kappa shape index (κ1) is 7.06. The molecule has 61 valence electrons. The molecule has 1 amide bonds. The molecule has 0 aromatic heterocycles. The summed E-state index contributed by atoms with van der Waals surface area (Å²) < 4.78 is 0. The van der Waals surface area contributed by atoms with Crippen LogP contribution in [0.2, 0.25) is 0 Å². The van der Waals surface area contributed by atoms with E-state index in [4.69, 9.17) is 0 Å². The van der Waals surface area contributed by atoms with Crippen molar-refractivity contribution in [1.29, 1.82) is 0 Å². The zero-order valence-corrected chi connectivity index (χ0v) is 6.39. The van der Waals surface area contributed by atoms with Crippen molar-refractivity contribution < 1.29 is 4.79 Å². The van der Waals surface area contributed by atoms with Crippen molar-refractivity contribution in [1.82, 2.24) is 16.0 Å². The van der Waals surface area contributed by atoms with E-state index in [9.17, 15) is 4.79 Å². The van der Waals surface area contributed by atoms with Crippen molar-refractivity contribution in [2.45, 2.75) is 18.4 Å². The van der Waals surface area contributed by atoms with Crippen molar-refractivity contribution in [3.63, 3.8) is 0 Å². The molecule has 11 heavy (non-hydrogen) atoms. The van der Waals surface area contributed by atoms with E-state index >= 15 is 0 Å². The molecule has 2 fully saturated rings. The van der Waals surface area contributed by atoms with E-state index in [1.54, 1.807) is 0 Å². The second kappa shape index (κ2) is 2.46. The van der Waals surface area contributed by atoms with E-state index in [1.165, 1.54) is 0 Å². The van der Waals surface area contributed by atoms with Crippen molar-refractivity contribution in [3.8, 4) is 0 Å². The molecule has 4 nitrogen and oxygen atoms in total. The van der Waals surface area contributed by atoms with E-state index in [0.29, 0.717) is 6.67 Å². The van der Waals surface area contributed by atoms with Gasteiger partial charge in [0.05, 0.1) is 6.67 Å². The molecule has 2 N–H and O–H groups in total. The first-order valence-corrected chi connectivity index (χ1v) is 4.01. The van der Waals surface area contributed by atoms with Crippen LogP contribution >= 0.6 is 0 Å². The Morgan fingerprint density at radius 3 is 2.64 bits per heavy atom. The number of hydrogen-bond donors (Lipinski definition) is 2. The summed E-state index contributed by atoms with van der Waals surface area (Å²) in [5, 5.41) is 10.3. The zero-order valence-electron chi connectivity index (χ0n) is 6.39. The molecular weight excluding hydrogens is 142 g/mol. The molecule has 0 bridgehead atoms. The minimum absolute atomic E-state index is 0.124. The molecule has 0 unspecified atom stereocenters. The Hall–Kier alpha value is -0.610. The van der Waals surface area contributed by atoms with Gasteiger partial charge in [0.25, 0.3) is 0 Å². The fourth-order valence-electron chi connectivity index (χ4n) is 1.72. The molecule has 0 saturated carbocycles. The Balaban J connectivity index is 2.12. The molecular formula is C7H12N3O. The first-order chi connectivity index (χ1) is 5.33. The van der Waals surface area contributed by atoms with Gasteiger partial charge in [-0.1, -0.05) is 0 Å². The lowest BCUT2D eigenvalue weighted by Gasteiger charge is -2.29. The predicted octanol–water partition coefficient (Wildman–Crippen LogP) is -1.20. The van der Waals surface area contributed by atoms with Gasteiger partial charge in [-0.3, -0.25) is 4.79 Å². The predicted molar refractivity (Wildman–Crippen MR) is 40.0 cm³/mol. The smallest absolute Gasteiger partial charge is 0.243 e. The Kier molecular flexibility index (Phi) is 1.58. The van der Waals surface area contributed by atoms with Crippen LogP contribution in [0.3, 0.4) is 0 Å². The van der Waals surface area contributed by atoms with Gasteiger partial charge < -0.3 is 10.6 Å². The van der Waals surface area contributed by atoms with Crippen LogP contribution in [0.25, 0.3) is 0 Å². The summed E-state index contributed by atoms with van der Waals surface area (Å²) in [6.45, 7) is 2.34. The van der Waals surface area contributed by atoms with Crippen molar-refractivity contribution in [3.05, 3.63) is 0 Å². The highest BCUT2D eigenvalue weighted by Gasteiger charge is 2.43. The van der Waals surface area contributed by atoms with Gasteiger partial charge in [-0.05, 0) is 25.9 Å². The second-order valence-corrected chi connectivity index (χ2v) is 3.10. The van der Waals surface area contributed by atoms with E-state index in [1.807, 2.05) is 0 Å². The van der Waals surface area contributed by atoms with E-state index in [2.05, 4.69) is 16.0 Å². The normalized spacial score (nSPS) is 28.9. The third-order valence-corrected chi connectivity index (χ3v) is 2.47. The van der Waals surface area contributed by atoms with Gasteiger partial charge in [0, 0.05) is 0 Å². The number of carbonyl (C=O) groups is 1. The maximum absolute atomic E-state index is 11.3. The molecule has 2 aliphatic rings. The monoisotopic (exact) mass is 154 g/mol. The van der Waals surface area contributed by atoms with Crippen LogP contribution in [0.4, 0.5) is 0 Å². The number of nitrogens with zero attached hydrogens (tertiary/aromatic N) is 1. The highest BCUT2D eigenvalue weighted by Crippen LogP contribution is 2.22. The average Bonchev–Trinajstić information content (AvgIpc) is 2.36. The molecule has 1 radical (unpaired) electrons. The summed E-state index contributed by atoms with van der Waals surface area (Å²) in [5.74, 6) is 0.124. The maximum Gasteiger partial charge on any atom is 0.243 e. The van der Waals surface area contributed by atoms with Crippen LogP contribution in [-0.2, 0) is 4.79 Å². The highest BCUT2D eigenvalue weighted by atomic mass is 16.2. The van der Waals surface area contributed by atoms with Gasteiger partial charge in [-0.15, -0.1) is 0 Å². The third kappa shape index (κ3) is 1.02. The Morgan fingerprint density at radius 2 is 2.09 bits per heavy atom. The van der Waals surface area contributed by atoms with Crippen molar-refractivity contribution in [2.75, 3.05) is 19.8 Å². The van der Waals surface area contributed by atoms with Crippen LogP contribution < -0.4 is 16.0 Å². The Labute approximate surface area is 65.7 Å². The fraction of sp³-hybridized carbons (Fsp3) is 0.857. The minimum Gasteiger partial charge on any atom is -0.340 e. The first-order valence-electron chi connectivity index (χ1n) is 4.01. The van der Waals surface area contributed by atoms with Crippen molar-refractivity contribution >= 4 is 5.91 Å². The molecule has 0 aromatic rings. The lowest BCUT2D eigenvalue weighted by Crippen LogP contribution is -2.50. The summed E-state index contributed by atoms with van der Waals surface area (Å²) in [7, 11) is 0. The molecule has 4 heteroatoms. The van der Waals surface area contributed by atoms with Crippen LogP contribution in [0.15, 0.2) is 0 Å². The summed E-state index contributed by atoms with van der Waals surface area (Å²) in [6.07, 6.45) is 1.72. The number of hydrogen-bond acceptors (Lipinski definition) is 2. The molecule has 0 aromatic carbocycles. The second-order valence-electron chi connectivity index (χ2n) is 3.10. The van der Waals surface area contributed by atoms with E-state index in [-0.39, 0.29) is 11.4 Å². The molecule has 0 aliphatic carbocycles. The largest absolute Gasteiger partial charge is 0.340 e. The van der Waals surface area contributed by atoms with Gasteiger partial charge in [0.15, 0.2) is 0 Å². The molecule has 2 saturated heterocycles. The number of piperidine rings is 1. The van der Waals surface area contributed by atoms with Crippen LogP contribution in [0, 0.1) is 0 Å². The summed E-state index contributed by atoms with van der Waals surface area (Å²) in [4.78, 5) is 11.3. The van der Waals surface area contributed by atoms with Gasteiger partial charge in [0.2, 0.25) is 5.91 Å². The SMILES string of the molecule is O=C1NC[N]C12CCNCC2. The van der Waals surface area contributed by atoms with Gasteiger partial charge >= 0.3 is 0 Å². The minimum atomic E-state index is -0.356. The Bertz CT molecular complexity index is 175. The summed E-state index contributed by atoms with van der Waals surface area (Å²) >= 11 is 0. The lowest BCUT2D eigenvalue weighted by molar-refractivity contribution is -0.125. The maximum atomic E-state index is 11.3. The Morgan fingerprint density at radius 1 is 1.36 bits per heavy atom. The molecule has 0 atom stereocenters. The molecule has 1 spiro atoms. The van der Waals surface area contributed by atoms with Crippen LogP contribution in [0.5, 0.6) is 0 Å². The average molecular weight is 154 g/mol. The molecule has 2 rings (SSSR count). The number of rotatable bonds is 0. The summed E-state index contributed by atoms with van der Waals surface area (Å²) in [6, 6.07) is 0. The fourth-order valence-corrected chi connectivity index (χ4v) is 1.72. The van der Waals surface area contributed by atoms with Gasteiger partial charge in [0.1, 0.15) is 5.54 Å².